The first kappa shape index (κ1) is 20.5. The lowest BCUT2D eigenvalue weighted by Gasteiger charge is -2.25. The molecule has 0 radical (unpaired) electrons. The summed E-state index contributed by atoms with van der Waals surface area (Å²) >= 11 is 0. The van der Waals surface area contributed by atoms with Crippen LogP contribution in [0.5, 0.6) is 5.75 Å². The van der Waals surface area contributed by atoms with Crippen LogP contribution in [0.2, 0.25) is 0 Å². The van der Waals surface area contributed by atoms with Crippen molar-refractivity contribution >= 4 is 11.7 Å². The SMILES string of the molecule is COc1ccccc1CN1C(=O)C(O)=C(C(=O)CCc2ccccc2)C1c1ccco1. The van der Waals surface area contributed by atoms with E-state index in [1.807, 2.05) is 48.5 Å². The number of hydrogen-bond donors (Lipinski definition) is 1. The molecule has 1 N–H and O–H groups in total. The Balaban J connectivity index is 1.64. The molecule has 6 nitrogen and oxygen atoms in total. The molecule has 1 amide bonds. The monoisotopic (exact) mass is 417 g/mol. The molecule has 1 aliphatic rings. The molecule has 4 rings (SSSR count). The Morgan fingerprint density at radius 1 is 1.06 bits per heavy atom. The average molecular weight is 417 g/mol. The Hall–Kier alpha value is -3.80. The van der Waals surface area contributed by atoms with Crippen LogP contribution in [0.4, 0.5) is 0 Å². The van der Waals surface area contributed by atoms with Crippen molar-refractivity contribution in [1.29, 1.82) is 0 Å². The summed E-state index contributed by atoms with van der Waals surface area (Å²) in [6, 6.07) is 19.6. The summed E-state index contributed by atoms with van der Waals surface area (Å²) < 4.78 is 11.0. The summed E-state index contributed by atoms with van der Waals surface area (Å²) in [5, 5.41) is 10.7. The van der Waals surface area contributed by atoms with Crippen LogP contribution in [0.3, 0.4) is 0 Å². The van der Waals surface area contributed by atoms with Gasteiger partial charge in [-0.2, -0.15) is 0 Å². The second-order valence-electron chi connectivity index (χ2n) is 7.33. The van der Waals surface area contributed by atoms with Gasteiger partial charge in [0.15, 0.2) is 11.5 Å². The number of hydrogen-bond acceptors (Lipinski definition) is 5. The maximum atomic E-state index is 13.1. The number of methoxy groups -OCH3 is 1. The quantitative estimate of drug-likeness (QED) is 0.588. The number of aryl methyl sites for hydroxylation is 1. The van der Waals surface area contributed by atoms with Gasteiger partial charge in [0.1, 0.15) is 17.6 Å². The molecule has 1 atom stereocenters. The topological polar surface area (TPSA) is 80.0 Å². The van der Waals surface area contributed by atoms with E-state index < -0.39 is 17.7 Å². The van der Waals surface area contributed by atoms with E-state index in [0.717, 1.165) is 11.1 Å². The Labute approximate surface area is 180 Å². The standard InChI is InChI=1S/C25H23NO5/c1-30-20-11-6-5-10-18(20)16-26-23(21-12-7-15-31-21)22(24(28)25(26)29)19(27)14-13-17-8-3-2-4-9-17/h2-12,15,23,28H,13-14,16H2,1H3. The van der Waals surface area contributed by atoms with E-state index in [0.29, 0.717) is 17.9 Å². The summed E-state index contributed by atoms with van der Waals surface area (Å²) in [4.78, 5) is 27.6. The van der Waals surface area contributed by atoms with Crippen molar-refractivity contribution in [3.8, 4) is 5.75 Å². The summed E-state index contributed by atoms with van der Waals surface area (Å²) in [7, 11) is 1.56. The van der Waals surface area contributed by atoms with Gasteiger partial charge in [0.05, 0.1) is 25.5 Å². The second-order valence-corrected chi connectivity index (χ2v) is 7.33. The third-order valence-corrected chi connectivity index (χ3v) is 5.43. The zero-order valence-corrected chi connectivity index (χ0v) is 17.2. The van der Waals surface area contributed by atoms with Crippen molar-refractivity contribution < 1.29 is 23.8 Å². The fourth-order valence-corrected chi connectivity index (χ4v) is 3.90. The van der Waals surface area contributed by atoms with Gasteiger partial charge in [0, 0.05) is 12.0 Å². The van der Waals surface area contributed by atoms with E-state index in [-0.39, 0.29) is 24.3 Å². The number of nitrogens with zero attached hydrogens (tertiary/aromatic N) is 1. The van der Waals surface area contributed by atoms with Crippen LogP contribution in [-0.2, 0) is 22.6 Å². The van der Waals surface area contributed by atoms with Gasteiger partial charge in [-0.25, -0.2) is 0 Å². The van der Waals surface area contributed by atoms with Gasteiger partial charge in [-0.05, 0) is 30.2 Å². The summed E-state index contributed by atoms with van der Waals surface area (Å²) in [6.07, 6.45) is 2.18. The predicted molar refractivity (Wildman–Crippen MR) is 114 cm³/mol. The molecule has 3 aromatic rings. The van der Waals surface area contributed by atoms with Crippen LogP contribution < -0.4 is 4.74 Å². The molecule has 1 aliphatic heterocycles. The molecule has 6 heteroatoms. The first-order valence-corrected chi connectivity index (χ1v) is 10.1. The average Bonchev–Trinajstić information content (AvgIpc) is 3.41. The number of ketones is 1. The fourth-order valence-electron chi connectivity index (χ4n) is 3.90. The summed E-state index contributed by atoms with van der Waals surface area (Å²) in [5.41, 5.74) is 1.85. The molecule has 0 bridgehead atoms. The van der Waals surface area contributed by atoms with Crippen LogP contribution in [-0.4, -0.2) is 28.8 Å². The molecular formula is C25H23NO5. The van der Waals surface area contributed by atoms with Gasteiger partial charge >= 0.3 is 0 Å². The molecule has 0 saturated heterocycles. The zero-order valence-electron chi connectivity index (χ0n) is 17.2. The second kappa shape index (κ2) is 8.92. The normalized spacial score (nSPS) is 16.1. The molecule has 2 heterocycles. The highest BCUT2D eigenvalue weighted by molar-refractivity contribution is 6.08. The molecule has 2 aromatic carbocycles. The van der Waals surface area contributed by atoms with E-state index in [1.54, 1.807) is 25.3 Å². The minimum Gasteiger partial charge on any atom is -0.503 e. The molecular weight excluding hydrogens is 394 g/mol. The number of ether oxygens (including phenoxy) is 1. The van der Waals surface area contributed by atoms with Crippen LogP contribution in [0.25, 0.3) is 0 Å². The van der Waals surface area contributed by atoms with Crippen molar-refractivity contribution in [2.24, 2.45) is 0 Å². The van der Waals surface area contributed by atoms with E-state index >= 15 is 0 Å². The Bertz CT molecular complexity index is 1100. The van der Waals surface area contributed by atoms with Gasteiger partial charge < -0.3 is 19.2 Å². The number of benzene rings is 2. The number of Topliss-reactive ketones (excluding diaryl/α,β-unsaturated/α-hetero) is 1. The van der Waals surface area contributed by atoms with Crippen LogP contribution in [0.1, 0.15) is 29.3 Å². The molecule has 1 aromatic heterocycles. The van der Waals surface area contributed by atoms with Crippen molar-refractivity contribution in [1.82, 2.24) is 4.90 Å². The van der Waals surface area contributed by atoms with Gasteiger partial charge in [-0.15, -0.1) is 0 Å². The molecule has 0 spiro atoms. The van der Waals surface area contributed by atoms with Crippen molar-refractivity contribution in [2.75, 3.05) is 7.11 Å². The van der Waals surface area contributed by atoms with Crippen molar-refractivity contribution in [3.63, 3.8) is 0 Å². The zero-order chi connectivity index (χ0) is 21.8. The molecule has 0 aliphatic carbocycles. The van der Waals surface area contributed by atoms with Crippen molar-refractivity contribution in [3.05, 3.63) is 101 Å². The summed E-state index contributed by atoms with van der Waals surface area (Å²) in [6.45, 7) is 0.160. The lowest BCUT2D eigenvalue weighted by Crippen LogP contribution is -2.30. The number of aliphatic hydroxyl groups is 1. The highest BCUT2D eigenvalue weighted by Gasteiger charge is 2.44. The lowest BCUT2D eigenvalue weighted by atomic mass is 9.96. The number of aliphatic hydroxyl groups excluding tert-OH is 1. The van der Waals surface area contributed by atoms with Crippen LogP contribution in [0, 0.1) is 0 Å². The first-order chi connectivity index (χ1) is 15.1. The number of furan rings is 1. The first-order valence-electron chi connectivity index (χ1n) is 10.1. The molecule has 0 saturated carbocycles. The number of amides is 1. The lowest BCUT2D eigenvalue weighted by molar-refractivity contribution is -0.130. The number of rotatable bonds is 8. The maximum absolute atomic E-state index is 13.1. The van der Waals surface area contributed by atoms with E-state index in [4.69, 9.17) is 9.15 Å². The van der Waals surface area contributed by atoms with E-state index in [1.165, 1.54) is 11.2 Å². The Kier molecular flexibility index (Phi) is 5.89. The van der Waals surface area contributed by atoms with E-state index in [2.05, 4.69) is 0 Å². The van der Waals surface area contributed by atoms with Gasteiger partial charge in [0.2, 0.25) is 0 Å². The molecule has 0 fully saturated rings. The molecule has 1 unspecified atom stereocenters. The predicted octanol–water partition coefficient (Wildman–Crippen LogP) is 4.39. The number of carbonyl (C=O) groups excluding carboxylic acids is 2. The van der Waals surface area contributed by atoms with Crippen LogP contribution >= 0.6 is 0 Å². The molecule has 158 valence electrons. The summed E-state index contributed by atoms with van der Waals surface area (Å²) in [5.74, 6) is -0.351. The van der Waals surface area contributed by atoms with E-state index in [9.17, 15) is 14.7 Å². The molecule has 31 heavy (non-hydrogen) atoms. The Morgan fingerprint density at radius 2 is 1.81 bits per heavy atom. The highest BCUT2D eigenvalue weighted by Crippen LogP contribution is 2.40. The van der Waals surface area contributed by atoms with Crippen molar-refractivity contribution in [2.45, 2.75) is 25.4 Å². The smallest absolute Gasteiger partial charge is 0.290 e. The number of carbonyl (C=O) groups is 2. The Morgan fingerprint density at radius 3 is 2.52 bits per heavy atom. The van der Waals surface area contributed by atoms with Gasteiger partial charge in [-0.3, -0.25) is 9.59 Å². The fraction of sp³-hybridized carbons (Fsp3) is 0.200. The largest absolute Gasteiger partial charge is 0.503 e. The van der Waals surface area contributed by atoms with Gasteiger partial charge in [-0.1, -0.05) is 48.5 Å². The minimum absolute atomic E-state index is 0.0748. The minimum atomic E-state index is -0.796. The van der Waals surface area contributed by atoms with Crippen LogP contribution in [0.15, 0.2) is 88.7 Å². The highest BCUT2D eigenvalue weighted by atomic mass is 16.5. The third kappa shape index (κ3) is 4.10. The maximum Gasteiger partial charge on any atom is 0.290 e. The third-order valence-electron chi connectivity index (χ3n) is 5.43. The van der Waals surface area contributed by atoms with Gasteiger partial charge in [0.25, 0.3) is 5.91 Å². The number of para-hydroxylation sites is 1.